The van der Waals surface area contributed by atoms with Gasteiger partial charge in [0.05, 0.1) is 37.6 Å². The topological polar surface area (TPSA) is 90.2 Å². The number of carbonyl (C=O) groups excluding carboxylic acids is 1. The van der Waals surface area contributed by atoms with E-state index in [9.17, 15) is 14.7 Å². The van der Waals surface area contributed by atoms with E-state index in [-0.39, 0.29) is 18.2 Å². The maximum Gasteiger partial charge on any atom is 0.306 e. The van der Waals surface area contributed by atoms with Gasteiger partial charge in [0, 0.05) is 41.9 Å². The number of aromatic nitrogens is 1. The highest BCUT2D eigenvalue weighted by atomic mass is 35.5. The van der Waals surface area contributed by atoms with Crippen LogP contribution in [-0.4, -0.2) is 53.8 Å². The van der Waals surface area contributed by atoms with Crippen LogP contribution in [0.5, 0.6) is 11.5 Å². The number of ether oxygens (including phenoxy) is 3. The Morgan fingerprint density at radius 1 is 1.05 bits per heavy atom. The first-order valence-electron chi connectivity index (χ1n) is 12.7. The molecule has 1 amide bonds. The molecule has 3 heterocycles. The van der Waals surface area contributed by atoms with Gasteiger partial charge in [0.15, 0.2) is 11.5 Å². The highest BCUT2D eigenvalue weighted by Gasteiger charge is 2.34. The SMILES string of the molecule is COc1cccc([C@@H]2O[C@@H](CCC(=O)N3CCC(C(=O)O)CC3)c3cccn3-c3ccc(Cl)cc32)c1OC. The Bertz CT molecular complexity index is 1330. The van der Waals surface area contributed by atoms with Crippen molar-refractivity contribution in [3.05, 3.63) is 76.6 Å². The molecule has 3 aromatic rings. The van der Waals surface area contributed by atoms with Crippen LogP contribution in [0.15, 0.2) is 54.7 Å². The number of carboxylic acids is 1. The second-order valence-electron chi connectivity index (χ2n) is 9.63. The molecule has 0 unspecified atom stereocenters. The van der Waals surface area contributed by atoms with Crippen molar-refractivity contribution in [1.29, 1.82) is 0 Å². The maximum absolute atomic E-state index is 13.1. The second kappa shape index (κ2) is 11.1. The number of para-hydroxylation sites is 1. The van der Waals surface area contributed by atoms with E-state index in [4.69, 9.17) is 25.8 Å². The van der Waals surface area contributed by atoms with E-state index in [1.54, 1.807) is 19.1 Å². The monoisotopic (exact) mass is 538 g/mol. The summed E-state index contributed by atoms with van der Waals surface area (Å²) in [6.07, 6.45) is 2.79. The predicted molar refractivity (Wildman–Crippen MR) is 142 cm³/mol. The lowest BCUT2D eigenvalue weighted by Crippen LogP contribution is -2.40. The summed E-state index contributed by atoms with van der Waals surface area (Å²) in [6, 6.07) is 15.4. The van der Waals surface area contributed by atoms with Gasteiger partial charge in [-0.05, 0) is 55.7 Å². The number of benzene rings is 2. The molecule has 1 N–H and O–H groups in total. The van der Waals surface area contributed by atoms with Gasteiger partial charge in [0.25, 0.3) is 0 Å². The van der Waals surface area contributed by atoms with Crippen molar-refractivity contribution in [1.82, 2.24) is 9.47 Å². The zero-order valence-corrected chi connectivity index (χ0v) is 22.2. The number of piperidine rings is 1. The van der Waals surface area contributed by atoms with E-state index >= 15 is 0 Å². The van der Waals surface area contributed by atoms with Crippen LogP contribution in [0.1, 0.15) is 54.7 Å². The third-order valence-electron chi connectivity index (χ3n) is 7.48. The lowest BCUT2D eigenvalue weighted by molar-refractivity contribution is -0.145. The first-order chi connectivity index (χ1) is 18.4. The molecule has 0 radical (unpaired) electrons. The van der Waals surface area contributed by atoms with Crippen LogP contribution in [-0.2, 0) is 14.3 Å². The number of methoxy groups -OCH3 is 2. The maximum atomic E-state index is 13.1. The van der Waals surface area contributed by atoms with Crippen molar-refractivity contribution >= 4 is 23.5 Å². The Labute approximate surface area is 226 Å². The highest BCUT2D eigenvalue weighted by molar-refractivity contribution is 6.30. The van der Waals surface area contributed by atoms with Crippen LogP contribution in [0.2, 0.25) is 5.02 Å². The van der Waals surface area contributed by atoms with E-state index in [0.717, 1.165) is 22.5 Å². The summed E-state index contributed by atoms with van der Waals surface area (Å²) in [7, 11) is 3.20. The number of amides is 1. The van der Waals surface area contributed by atoms with Crippen molar-refractivity contribution in [2.75, 3.05) is 27.3 Å². The normalized spacial score (nSPS) is 19.3. The first-order valence-corrected chi connectivity index (χ1v) is 13.1. The smallest absolute Gasteiger partial charge is 0.306 e. The van der Waals surface area contributed by atoms with Gasteiger partial charge in [-0.15, -0.1) is 0 Å². The standard InChI is InChI=1S/C29H31ClN2O6/c1-36-25-7-3-5-20(28(25)37-2)27-21-17-19(30)8-9-22(21)32-14-4-6-23(32)24(38-27)10-11-26(33)31-15-12-18(13-16-31)29(34)35/h3-9,14,17-18,24,27H,10-13,15-16H2,1-2H3,(H,34,35)/t24-,27-/m0/s1. The summed E-state index contributed by atoms with van der Waals surface area (Å²) in [5.74, 6) is 0.0156. The number of carbonyl (C=O) groups is 2. The van der Waals surface area contributed by atoms with E-state index in [1.165, 1.54) is 0 Å². The molecule has 1 aromatic heterocycles. The zero-order valence-electron chi connectivity index (χ0n) is 21.4. The Kier molecular flexibility index (Phi) is 7.63. The lowest BCUT2D eigenvalue weighted by atomic mass is 9.96. The van der Waals surface area contributed by atoms with Crippen LogP contribution in [0, 0.1) is 5.92 Å². The van der Waals surface area contributed by atoms with Gasteiger partial charge < -0.3 is 28.8 Å². The van der Waals surface area contributed by atoms with Crippen molar-refractivity contribution in [3.8, 4) is 17.2 Å². The van der Waals surface area contributed by atoms with E-state index < -0.39 is 18.2 Å². The average Bonchev–Trinajstić information content (AvgIpc) is 3.38. The summed E-state index contributed by atoms with van der Waals surface area (Å²) in [5.41, 5.74) is 3.56. The number of hydrogen-bond donors (Lipinski definition) is 1. The van der Waals surface area contributed by atoms with Crippen LogP contribution in [0.4, 0.5) is 0 Å². The van der Waals surface area contributed by atoms with Gasteiger partial charge in [-0.3, -0.25) is 9.59 Å². The van der Waals surface area contributed by atoms with Gasteiger partial charge in [-0.1, -0.05) is 23.7 Å². The number of aliphatic carboxylic acids is 1. The molecule has 1 saturated heterocycles. The van der Waals surface area contributed by atoms with Gasteiger partial charge in [-0.25, -0.2) is 0 Å². The fourth-order valence-electron chi connectivity index (χ4n) is 5.50. The number of halogens is 1. The summed E-state index contributed by atoms with van der Waals surface area (Å²) in [4.78, 5) is 26.2. The van der Waals surface area contributed by atoms with Crippen molar-refractivity contribution in [3.63, 3.8) is 0 Å². The Morgan fingerprint density at radius 2 is 1.84 bits per heavy atom. The Balaban J connectivity index is 1.46. The minimum Gasteiger partial charge on any atom is -0.493 e. The zero-order chi connectivity index (χ0) is 26.8. The van der Waals surface area contributed by atoms with Crippen molar-refractivity contribution in [2.45, 2.75) is 37.9 Å². The quantitative estimate of drug-likeness (QED) is 0.432. The molecule has 38 heavy (non-hydrogen) atoms. The largest absolute Gasteiger partial charge is 0.493 e. The number of hydrogen-bond acceptors (Lipinski definition) is 5. The lowest BCUT2D eigenvalue weighted by Gasteiger charge is -2.31. The number of likely N-dealkylation sites (tertiary alicyclic amines) is 1. The molecule has 1 fully saturated rings. The molecule has 200 valence electrons. The fraction of sp³-hybridized carbons (Fsp3) is 0.379. The molecule has 2 aliphatic rings. The molecule has 0 aliphatic carbocycles. The Morgan fingerprint density at radius 3 is 2.55 bits per heavy atom. The van der Waals surface area contributed by atoms with E-state index in [0.29, 0.717) is 48.9 Å². The van der Waals surface area contributed by atoms with E-state index in [1.807, 2.05) is 54.7 Å². The minimum absolute atomic E-state index is 0.0101. The van der Waals surface area contributed by atoms with Crippen LogP contribution < -0.4 is 9.47 Å². The van der Waals surface area contributed by atoms with E-state index in [2.05, 4.69) is 4.57 Å². The van der Waals surface area contributed by atoms with Crippen molar-refractivity contribution < 1.29 is 28.9 Å². The molecular formula is C29H31ClN2O6. The number of fused-ring (bicyclic) bond motifs is 3. The number of carboxylic acid groups (broad SMARTS) is 1. The van der Waals surface area contributed by atoms with Crippen LogP contribution >= 0.6 is 11.6 Å². The highest BCUT2D eigenvalue weighted by Crippen LogP contribution is 2.46. The van der Waals surface area contributed by atoms with Crippen molar-refractivity contribution in [2.24, 2.45) is 5.92 Å². The molecule has 2 aromatic carbocycles. The second-order valence-corrected chi connectivity index (χ2v) is 10.1. The molecule has 2 aliphatic heterocycles. The minimum atomic E-state index is -0.789. The van der Waals surface area contributed by atoms with Crippen LogP contribution in [0.25, 0.3) is 5.69 Å². The number of nitrogens with zero attached hydrogens (tertiary/aromatic N) is 2. The van der Waals surface area contributed by atoms with Gasteiger partial charge in [-0.2, -0.15) is 0 Å². The molecule has 8 nitrogen and oxygen atoms in total. The van der Waals surface area contributed by atoms with Gasteiger partial charge >= 0.3 is 5.97 Å². The Hall–Kier alpha value is -3.49. The summed E-state index contributed by atoms with van der Waals surface area (Å²) < 4.78 is 20.2. The summed E-state index contributed by atoms with van der Waals surface area (Å²) >= 11 is 6.46. The molecule has 2 atom stereocenters. The molecule has 0 spiro atoms. The van der Waals surface area contributed by atoms with Crippen LogP contribution in [0.3, 0.4) is 0 Å². The molecular weight excluding hydrogens is 508 g/mol. The number of rotatable bonds is 7. The van der Waals surface area contributed by atoms with Gasteiger partial charge in [0.1, 0.15) is 6.10 Å². The molecule has 0 bridgehead atoms. The summed E-state index contributed by atoms with van der Waals surface area (Å²) in [5, 5.41) is 9.86. The predicted octanol–water partition coefficient (Wildman–Crippen LogP) is 5.41. The third-order valence-corrected chi connectivity index (χ3v) is 7.71. The fourth-order valence-corrected chi connectivity index (χ4v) is 5.68. The molecule has 0 saturated carbocycles. The first kappa shape index (κ1) is 26.1. The van der Waals surface area contributed by atoms with Gasteiger partial charge in [0.2, 0.25) is 5.91 Å². The molecule has 9 heteroatoms. The summed E-state index contributed by atoms with van der Waals surface area (Å²) in [6.45, 7) is 0.927. The average molecular weight is 539 g/mol. The molecule has 5 rings (SSSR count). The third kappa shape index (κ3) is 4.98.